The third kappa shape index (κ3) is 2.29. The molecule has 5 atom stereocenters. The highest BCUT2D eigenvalue weighted by Gasteiger charge is 2.48. The van der Waals surface area contributed by atoms with Crippen LogP contribution in [0.5, 0.6) is 0 Å². The van der Waals surface area contributed by atoms with Crippen molar-refractivity contribution in [1.82, 2.24) is 0 Å². The number of hydrogen-bond acceptors (Lipinski definition) is 6. The van der Waals surface area contributed by atoms with Gasteiger partial charge in [-0.1, -0.05) is 30.3 Å². The highest BCUT2D eigenvalue weighted by atomic mass is 16.7. The van der Waals surface area contributed by atoms with Gasteiger partial charge in [-0.2, -0.15) is 0 Å². The second kappa shape index (κ2) is 4.99. The molecule has 2 aliphatic heterocycles. The lowest BCUT2D eigenvalue weighted by molar-refractivity contribution is -0.310. The summed E-state index contributed by atoms with van der Waals surface area (Å²) in [6, 6.07) is 9.19. The van der Waals surface area contributed by atoms with E-state index in [0.29, 0.717) is 0 Å². The number of benzene rings is 1. The van der Waals surface area contributed by atoms with Crippen molar-refractivity contribution in [2.75, 3.05) is 6.61 Å². The molecule has 6 heteroatoms. The lowest BCUT2D eigenvalue weighted by Crippen LogP contribution is -2.59. The Balaban J connectivity index is 1.77. The van der Waals surface area contributed by atoms with Gasteiger partial charge in [0.05, 0.1) is 6.61 Å². The number of hydrogen-bond donors (Lipinski definition) is 2. The summed E-state index contributed by atoms with van der Waals surface area (Å²) in [7, 11) is 0. The number of carbonyl (C=O) groups excluding carboxylic acids is 1. The van der Waals surface area contributed by atoms with Crippen LogP contribution in [0.15, 0.2) is 30.3 Å². The largest absolute Gasteiger partial charge is 0.380 e. The molecular formula is C13H14O6. The molecule has 1 unspecified atom stereocenters. The van der Waals surface area contributed by atoms with Crippen LogP contribution in [-0.2, 0) is 19.0 Å². The van der Waals surface area contributed by atoms with E-state index >= 15 is 0 Å². The van der Waals surface area contributed by atoms with E-state index in [1.807, 2.05) is 30.3 Å². The molecule has 2 fully saturated rings. The fourth-order valence-corrected chi connectivity index (χ4v) is 2.24. The first-order valence-corrected chi connectivity index (χ1v) is 6.04. The van der Waals surface area contributed by atoms with Crippen molar-refractivity contribution in [3.8, 4) is 0 Å². The Morgan fingerprint density at radius 3 is 2.58 bits per heavy atom. The number of ether oxygens (including phenoxy) is 3. The summed E-state index contributed by atoms with van der Waals surface area (Å²) in [6.45, 7) is 0.125. The number of fused-ring (bicyclic) bond motifs is 1. The first-order valence-electron chi connectivity index (χ1n) is 6.04. The van der Waals surface area contributed by atoms with Crippen molar-refractivity contribution >= 4 is 5.78 Å². The van der Waals surface area contributed by atoms with Crippen LogP contribution >= 0.6 is 0 Å². The second-order valence-corrected chi connectivity index (χ2v) is 4.54. The summed E-state index contributed by atoms with van der Waals surface area (Å²) in [5.41, 5.74) is 0.786. The number of Topliss-reactive ketones (excluding diaryl/α,β-unsaturated/α-hetero) is 1. The summed E-state index contributed by atoms with van der Waals surface area (Å²) in [6.07, 6.45) is -5.37. The lowest BCUT2D eigenvalue weighted by Gasteiger charge is -2.41. The van der Waals surface area contributed by atoms with Crippen LogP contribution in [-0.4, -0.2) is 47.2 Å². The Kier molecular flexibility index (Phi) is 3.34. The molecule has 2 saturated heterocycles. The smallest absolute Gasteiger partial charge is 0.198 e. The van der Waals surface area contributed by atoms with E-state index in [9.17, 15) is 15.0 Å². The molecule has 1 aromatic rings. The minimum absolute atomic E-state index is 0.125. The van der Waals surface area contributed by atoms with Crippen molar-refractivity contribution in [3.63, 3.8) is 0 Å². The number of aliphatic hydroxyl groups excluding tert-OH is 2. The van der Waals surface area contributed by atoms with E-state index in [2.05, 4.69) is 0 Å². The van der Waals surface area contributed by atoms with E-state index in [1.54, 1.807) is 0 Å². The van der Waals surface area contributed by atoms with E-state index < -0.39 is 36.7 Å². The molecule has 0 spiro atoms. The van der Waals surface area contributed by atoms with Crippen LogP contribution in [0.3, 0.4) is 0 Å². The third-order valence-electron chi connectivity index (χ3n) is 3.25. The summed E-state index contributed by atoms with van der Waals surface area (Å²) in [5, 5.41) is 18.9. The highest BCUT2D eigenvalue weighted by molar-refractivity contribution is 5.89. The van der Waals surface area contributed by atoms with Gasteiger partial charge in [0, 0.05) is 5.56 Å². The van der Waals surface area contributed by atoms with Gasteiger partial charge < -0.3 is 24.4 Å². The zero-order valence-corrected chi connectivity index (χ0v) is 10.0. The molecule has 6 nitrogen and oxygen atoms in total. The van der Waals surface area contributed by atoms with Gasteiger partial charge in [-0.3, -0.25) is 4.79 Å². The highest BCUT2D eigenvalue weighted by Crippen LogP contribution is 2.31. The van der Waals surface area contributed by atoms with Gasteiger partial charge in [-0.05, 0) is 0 Å². The summed E-state index contributed by atoms with van der Waals surface area (Å²) < 4.78 is 16.1. The Bertz CT molecular complexity index is 461. The van der Waals surface area contributed by atoms with Crippen molar-refractivity contribution in [2.24, 2.45) is 0 Å². The molecular weight excluding hydrogens is 252 g/mol. The number of rotatable bonds is 1. The van der Waals surface area contributed by atoms with Crippen molar-refractivity contribution < 1.29 is 29.2 Å². The predicted octanol–water partition coefficient (Wildman–Crippen LogP) is -0.252. The molecule has 2 heterocycles. The molecule has 2 aliphatic rings. The topological polar surface area (TPSA) is 85.2 Å². The predicted molar refractivity (Wildman–Crippen MR) is 61.9 cm³/mol. The van der Waals surface area contributed by atoms with Gasteiger partial charge >= 0.3 is 0 Å². The molecule has 0 bridgehead atoms. The fourth-order valence-electron chi connectivity index (χ4n) is 2.24. The Morgan fingerprint density at radius 1 is 1.11 bits per heavy atom. The molecule has 1 aromatic carbocycles. The maximum absolute atomic E-state index is 11.9. The lowest BCUT2D eigenvalue weighted by atomic mass is 10.00. The molecule has 3 rings (SSSR count). The minimum atomic E-state index is -1.57. The van der Waals surface area contributed by atoms with Crippen LogP contribution in [0.25, 0.3) is 0 Å². The van der Waals surface area contributed by atoms with Crippen LogP contribution in [0.1, 0.15) is 11.9 Å². The zero-order valence-electron chi connectivity index (χ0n) is 10.0. The van der Waals surface area contributed by atoms with E-state index in [1.165, 1.54) is 0 Å². The minimum Gasteiger partial charge on any atom is -0.380 e. The molecule has 0 saturated carbocycles. The molecule has 0 aromatic heterocycles. The Hall–Kier alpha value is -1.31. The Morgan fingerprint density at radius 2 is 1.84 bits per heavy atom. The maximum Gasteiger partial charge on any atom is 0.198 e. The van der Waals surface area contributed by atoms with Crippen LogP contribution in [0.2, 0.25) is 0 Å². The zero-order chi connectivity index (χ0) is 13.4. The maximum atomic E-state index is 11.9. The van der Waals surface area contributed by atoms with Crippen LogP contribution in [0.4, 0.5) is 0 Å². The number of aliphatic hydroxyl groups is 2. The molecule has 0 amide bonds. The Labute approximate surface area is 109 Å². The molecule has 0 radical (unpaired) electrons. The van der Waals surface area contributed by atoms with Crippen LogP contribution < -0.4 is 0 Å². The van der Waals surface area contributed by atoms with Crippen molar-refractivity contribution in [2.45, 2.75) is 30.9 Å². The fraction of sp³-hybridized carbons (Fsp3) is 0.462. The standard InChI is InChI=1S/C13H14O6/c14-9-10(15)12(16)18-8-6-17-13(19-11(8)9)7-4-2-1-3-5-7/h1-5,8,10-13,15-16H,6H2/t8?,10-,11-,12+,13-/m1/s1. The summed E-state index contributed by atoms with van der Waals surface area (Å²) >= 11 is 0. The van der Waals surface area contributed by atoms with Gasteiger partial charge in [0.25, 0.3) is 0 Å². The van der Waals surface area contributed by atoms with Gasteiger partial charge in [-0.15, -0.1) is 0 Å². The molecule has 2 N–H and O–H groups in total. The summed E-state index contributed by atoms with van der Waals surface area (Å²) in [5.74, 6) is -0.576. The SMILES string of the molecule is O=C1[C@@H](O)[C@@H](O)OC2CO[C@@H](c3ccccc3)O[C@@H]12. The number of carbonyl (C=O) groups is 1. The van der Waals surface area contributed by atoms with E-state index in [4.69, 9.17) is 14.2 Å². The molecule has 19 heavy (non-hydrogen) atoms. The van der Waals surface area contributed by atoms with E-state index in [-0.39, 0.29) is 6.61 Å². The quantitative estimate of drug-likeness (QED) is 0.729. The normalized spacial score (nSPS) is 38.8. The average Bonchev–Trinajstić information content (AvgIpc) is 2.46. The molecule has 0 aliphatic carbocycles. The van der Waals surface area contributed by atoms with Gasteiger partial charge in [0.2, 0.25) is 0 Å². The van der Waals surface area contributed by atoms with E-state index in [0.717, 1.165) is 5.56 Å². The van der Waals surface area contributed by atoms with Gasteiger partial charge in [0.1, 0.15) is 6.10 Å². The average molecular weight is 266 g/mol. The number of ketones is 1. The van der Waals surface area contributed by atoms with Gasteiger partial charge in [-0.25, -0.2) is 0 Å². The van der Waals surface area contributed by atoms with Crippen LogP contribution in [0, 0.1) is 0 Å². The first kappa shape index (κ1) is 12.7. The molecule has 102 valence electrons. The van der Waals surface area contributed by atoms with Crippen molar-refractivity contribution in [1.29, 1.82) is 0 Å². The van der Waals surface area contributed by atoms with Crippen molar-refractivity contribution in [3.05, 3.63) is 35.9 Å². The summed E-state index contributed by atoms with van der Waals surface area (Å²) in [4.78, 5) is 11.9. The monoisotopic (exact) mass is 266 g/mol. The van der Waals surface area contributed by atoms with Gasteiger partial charge in [0.15, 0.2) is 30.6 Å². The first-order chi connectivity index (χ1) is 9.16. The third-order valence-corrected chi connectivity index (χ3v) is 3.25. The second-order valence-electron chi connectivity index (χ2n) is 4.54.